The van der Waals surface area contributed by atoms with Gasteiger partial charge in [-0.05, 0) is 48.9 Å². The number of anilines is 4. The number of benzene rings is 3. The molecule has 0 unspecified atom stereocenters. The Morgan fingerprint density at radius 1 is 0.878 bits per heavy atom. The van der Waals surface area contributed by atoms with E-state index >= 15 is 0 Å². The Balaban J connectivity index is 1.48. The number of carbonyl (C=O) groups is 2. The molecule has 1 saturated heterocycles. The van der Waals surface area contributed by atoms with Crippen molar-refractivity contribution >= 4 is 40.4 Å². The number of rotatable bonds is 11. The first kappa shape index (κ1) is 29.2. The predicted octanol–water partition coefficient (Wildman–Crippen LogP) is 4.34. The van der Waals surface area contributed by atoms with E-state index in [2.05, 4.69) is 25.8 Å². The number of hydrogen-bond acceptors (Lipinski definition) is 8. The minimum Gasteiger partial charge on any atom is -0.495 e. The van der Waals surface area contributed by atoms with E-state index in [0.29, 0.717) is 49.6 Å². The van der Waals surface area contributed by atoms with Gasteiger partial charge in [-0.15, -0.1) is 0 Å². The molecule has 0 atom stereocenters. The summed E-state index contributed by atoms with van der Waals surface area (Å²) in [5, 5.41) is 19.2. The van der Waals surface area contributed by atoms with E-state index in [0.717, 1.165) is 30.2 Å². The Kier molecular flexibility index (Phi) is 9.94. The number of nitrogens with zero attached hydrogens (tertiary/aromatic N) is 3. The molecule has 0 aromatic heterocycles. The highest BCUT2D eigenvalue weighted by atomic mass is 16.6. The lowest BCUT2D eigenvalue weighted by molar-refractivity contribution is -0.384. The first-order chi connectivity index (χ1) is 19.9. The zero-order valence-electron chi connectivity index (χ0n) is 23.1. The Morgan fingerprint density at radius 3 is 2.17 bits per heavy atom. The number of piperazine rings is 1. The summed E-state index contributed by atoms with van der Waals surface area (Å²) in [4.78, 5) is 40.7. The number of non-ortho nitro benzene ring substituents is 1. The van der Waals surface area contributed by atoms with Crippen LogP contribution in [0.25, 0.3) is 0 Å². The van der Waals surface area contributed by atoms with Gasteiger partial charge in [-0.25, -0.2) is 4.79 Å². The molecule has 0 bridgehead atoms. The molecule has 1 fully saturated rings. The fourth-order valence-electron chi connectivity index (χ4n) is 4.62. The van der Waals surface area contributed by atoms with Crippen LogP contribution in [-0.2, 0) is 4.74 Å². The first-order valence-corrected chi connectivity index (χ1v) is 13.3. The number of urea groups is 1. The van der Waals surface area contributed by atoms with E-state index in [1.54, 1.807) is 26.4 Å². The van der Waals surface area contributed by atoms with Crippen LogP contribution in [0.2, 0.25) is 0 Å². The van der Waals surface area contributed by atoms with Gasteiger partial charge in [0.2, 0.25) is 0 Å². The van der Waals surface area contributed by atoms with Gasteiger partial charge in [0.15, 0.2) is 0 Å². The topological polar surface area (TPSA) is 138 Å². The summed E-state index contributed by atoms with van der Waals surface area (Å²) in [6.07, 6.45) is 0.671. The summed E-state index contributed by atoms with van der Waals surface area (Å²) >= 11 is 0. The third-order valence-electron chi connectivity index (χ3n) is 6.69. The maximum atomic E-state index is 13.3. The fourth-order valence-corrected chi connectivity index (χ4v) is 4.62. The zero-order valence-corrected chi connectivity index (χ0v) is 23.1. The number of hydrogen-bond donors (Lipinski definition) is 3. The number of nitrogens with one attached hydrogen (secondary N) is 3. The van der Waals surface area contributed by atoms with Gasteiger partial charge < -0.3 is 35.2 Å². The highest BCUT2D eigenvalue weighted by Gasteiger charge is 2.24. The molecule has 0 spiro atoms. The van der Waals surface area contributed by atoms with E-state index in [9.17, 15) is 19.7 Å². The van der Waals surface area contributed by atoms with E-state index in [1.807, 2.05) is 30.3 Å². The zero-order chi connectivity index (χ0) is 29.2. The molecule has 3 amide bonds. The second-order valence-electron chi connectivity index (χ2n) is 9.36. The predicted molar refractivity (Wildman–Crippen MR) is 158 cm³/mol. The molecule has 3 aromatic rings. The fraction of sp³-hybridized carbons (Fsp3) is 0.310. The van der Waals surface area contributed by atoms with Crippen LogP contribution in [0.1, 0.15) is 16.8 Å². The lowest BCUT2D eigenvalue weighted by atomic mass is 10.1. The third-order valence-corrected chi connectivity index (χ3v) is 6.69. The normalized spacial score (nSPS) is 12.9. The molecule has 12 nitrogen and oxygen atoms in total. The number of amides is 3. The molecule has 3 N–H and O–H groups in total. The van der Waals surface area contributed by atoms with Crippen LogP contribution in [0.3, 0.4) is 0 Å². The highest BCUT2D eigenvalue weighted by molar-refractivity contribution is 6.04. The molecular weight excluding hydrogens is 528 g/mol. The van der Waals surface area contributed by atoms with Crippen molar-refractivity contribution in [2.45, 2.75) is 6.42 Å². The van der Waals surface area contributed by atoms with Crippen molar-refractivity contribution < 1.29 is 24.0 Å². The lowest BCUT2D eigenvalue weighted by Crippen LogP contribution is -2.47. The van der Waals surface area contributed by atoms with Gasteiger partial charge in [0, 0.05) is 75.6 Å². The Hall–Kier alpha value is -4.84. The van der Waals surface area contributed by atoms with Crippen molar-refractivity contribution in [1.82, 2.24) is 5.32 Å². The summed E-state index contributed by atoms with van der Waals surface area (Å²) in [5.74, 6) is 0.571. The van der Waals surface area contributed by atoms with Crippen molar-refractivity contribution in [2.75, 3.05) is 74.0 Å². The highest BCUT2D eigenvalue weighted by Crippen LogP contribution is 2.31. The number of nitro benzene ring substituents is 1. The van der Waals surface area contributed by atoms with Crippen LogP contribution in [0.5, 0.6) is 5.75 Å². The van der Waals surface area contributed by atoms with Crippen LogP contribution in [0, 0.1) is 10.1 Å². The Morgan fingerprint density at radius 2 is 1.51 bits per heavy atom. The molecule has 1 aliphatic rings. The lowest BCUT2D eigenvalue weighted by Gasteiger charge is -2.38. The van der Waals surface area contributed by atoms with E-state index in [4.69, 9.17) is 9.47 Å². The number of carbonyl (C=O) groups excluding carboxylic acids is 2. The Bertz CT molecular complexity index is 1360. The molecular formula is C29H34N6O6. The average molecular weight is 563 g/mol. The summed E-state index contributed by atoms with van der Waals surface area (Å²) in [5.41, 5.74) is 3.01. The summed E-state index contributed by atoms with van der Waals surface area (Å²) in [7, 11) is 3.27. The molecule has 0 radical (unpaired) electrons. The first-order valence-electron chi connectivity index (χ1n) is 13.3. The SMILES string of the molecule is COCCCNC(=O)c1cc(NC(=O)Nc2ccc([N+](=O)[O-])cc2)ccc1N1CCN(c2ccccc2OC)CC1. The van der Waals surface area contributed by atoms with Gasteiger partial charge in [0.25, 0.3) is 11.6 Å². The molecule has 1 aliphatic heterocycles. The van der Waals surface area contributed by atoms with Crippen LogP contribution >= 0.6 is 0 Å². The molecule has 216 valence electrons. The van der Waals surface area contributed by atoms with Crippen molar-refractivity contribution in [2.24, 2.45) is 0 Å². The van der Waals surface area contributed by atoms with Crippen LogP contribution in [-0.4, -0.2) is 70.4 Å². The molecule has 0 aliphatic carbocycles. The summed E-state index contributed by atoms with van der Waals surface area (Å²) in [6, 6.07) is 18.1. The maximum absolute atomic E-state index is 13.3. The smallest absolute Gasteiger partial charge is 0.323 e. The minimum absolute atomic E-state index is 0.0727. The van der Waals surface area contributed by atoms with Crippen molar-refractivity contribution in [3.8, 4) is 5.75 Å². The van der Waals surface area contributed by atoms with Crippen LogP contribution < -0.4 is 30.5 Å². The van der Waals surface area contributed by atoms with Gasteiger partial charge in [0.1, 0.15) is 5.75 Å². The minimum atomic E-state index is -0.538. The Labute approximate surface area is 238 Å². The van der Waals surface area contributed by atoms with Gasteiger partial charge >= 0.3 is 6.03 Å². The second kappa shape index (κ2) is 14.0. The second-order valence-corrected chi connectivity index (χ2v) is 9.36. The quantitative estimate of drug-likeness (QED) is 0.178. The van der Waals surface area contributed by atoms with E-state index in [-0.39, 0.29) is 11.6 Å². The molecule has 1 heterocycles. The van der Waals surface area contributed by atoms with Crippen molar-refractivity contribution in [3.05, 3.63) is 82.4 Å². The van der Waals surface area contributed by atoms with Gasteiger partial charge in [-0.3, -0.25) is 14.9 Å². The van der Waals surface area contributed by atoms with Crippen LogP contribution in [0.4, 0.5) is 33.2 Å². The molecule has 12 heteroatoms. The van der Waals surface area contributed by atoms with Gasteiger partial charge in [-0.2, -0.15) is 0 Å². The van der Waals surface area contributed by atoms with Gasteiger partial charge in [0.05, 0.1) is 23.3 Å². The van der Waals surface area contributed by atoms with Crippen molar-refractivity contribution in [3.63, 3.8) is 0 Å². The average Bonchev–Trinajstić information content (AvgIpc) is 2.99. The molecule has 4 rings (SSSR count). The van der Waals surface area contributed by atoms with Crippen LogP contribution in [0.15, 0.2) is 66.7 Å². The standard InChI is InChI=1S/C29H34N6O6/c1-40-19-5-14-30-28(36)24-20-22(32-29(37)31-21-8-11-23(12-9-21)35(38)39)10-13-25(24)33-15-17-34(18-16-33)26-6-3-4-7-27(26)41-2/h3-4,6-13,20H,5,14-19H2,1-2H3,(H,30,36)(H2,31,32,37). The van der Waals surface area contributed by atoms with E-state index in [1.165, 1.54) is 24.3 Å². The number of ether oxygens (including phenoxy) is 2. The number of nitro groups is 1. The molecule has 41 heavy (non-hydrogen) atoms. The maximum Gasteiger partial charge on any atom is 0.323 e. The number of para-hydroxylation sites is 2. The van der Waals surface area contributed by atoms with Crippen molar-refractivity contribution in [1.29, 1.82) is 0 Å². The number of methoxy groups -OCH3 is 2. The summed E-state index contributed by atoms with van der Waals surface area (Å²) < 4.78 is 10.6. The molecule has 0 saturated carbocycles. The monoisotopic (exact) mass is 562 g/mol. The largest absolute Gasteiger partial charge is 0.495 e. The summed E-state index contributed by atoms with van der Waals surface area (Å²) in [6.45, 7) is 3.85. The van der Waals surface area contributed by atoms with E-state index < -0.39 is 11.0 Å². The molecule has 3 aromatic carbocycles. The third kappa shape index (κ3) is 7.63. The van der Waals surface area contributed by atoms with Gasteiger partial charge in [-0.1, -0.05) is 12.1 Å².